The number of benzene rings is 2. The Balaban J connectivity index is 2.07. The average Bonchev–Trinajstić information content (AvgIpc) is 2.64. The first-order valence-corrected chi connectivity index (χ1v) is 7.43. The summed E-state index contributed by atoms with van der Waals surface area (Å²) < 4.78 is 9.92. The van der Waals surface area contributed by atoms with Crippen molar-refractivity contribution in [3.63, 3.8) is 0 Å². The smallest absolute Gasteiger partial charge is 0.414 e. The molecule has 0 saturated heterocycles. The van der Waals surface area contributed by atoms with Crippen molar-refractivity contribution in [1.29, 1.82) is 0 Å². The van der Waals surface area contributed by atoms with E-state index < -0.39 is 12.1 Å². The van der Waals surface area contributed by atoms with E-state index in [0.29, 0.717) is 11.3 Å². The molecular weight excluding hydrogens is 310 g/mol. The number of methoxy groups -OCH3 is 1. The minimum Gasteiger partial charge on any atom is -0.465 e. The molecule has 1 amide bonds. The summed E-state index contributed by atoms with van der Waals surface area (Å²) >= 11 is 0. The highest BCUT2D eigenvalue weighted by Gasteiger charge is 2.17. The van der Waals surface area contributed by atoms with E-state index in [1.165, 1.54) is 12.0 Å². The monoisotopic (exact) mass is 329 g/mol. The Morgan fingerprint density at radius 3 is 2.29 bits per heavy atom. The molecule has 6 nitrogen and oxygen atoms in total. The van der Waals surface area contributed by atoms with Gasteiger partial charge in [0.1, 0.15) is 6.61 Å². The number of rotatable bonds is 6. The Labute approximate surface area is 140 Å². The lowest BCUT2D eigenvalue weighted by Crippen LogP contribution is -2.34. The number of nitrogens with zero attached hydrogens (tertiary/aromatic N) is 1. The van der Waals surface area contributed by atoms with Crippen LogP contribution in [0, 0.1) is 0 Å². The van der Waals surface area contributed by atoms with Gasteiger partial charge in [-0.25, -0.2) is 9.59 Å². The third kappa shape index (κ3) is 4.57. The molecule has 0 aliphatic heterocycles. The Morgan fingerprint density at radius 1 is 1.04 bits per heavy atom. The number of aliphatic hydroxyl groups excluding tert-OH is 1. The molecule has 0 heterocycles. The van der Waals surface area contributed by atoms with Gasteiger partial charge in [0.2, 0.25) is 0 Å². The second-order valence-electron chi connectivity index (χ2n) is 4.95. The molecule has 2 rings (SSSR count). The number of hydrogen-bond donors (Lipinski definition) is 1. The van der Waals surface area contributed by atoms with Gasteiger partial charge in [-0.2, -0.15) is 0 Å². The number of ether oxygens (including phenoxy) is 2. The molecule has 0 fully saturated rings. The van der Waals surface area contributed by atoms with E-state index in [9.17, 15) is 14.7 Å². The summed E-state index contributed by atoms with van der Waals surface area (Å²) in [6, 6.07) is 15.6. The van der Waals surface area contributed by atoms with E-state index in [4.69, 9.17) is 4.74 Å². The van der Waals surface area contributed by atoms with Gasteiger partial charge in [0, 0.05) is 5.69 Å². The molecule has 0 aromatic heterocycles. The van der Waals surface area contributed by atoms with Crippen molar-refractivity contribution in [3.05, 3.63) is 65.7 Å². The van der Waals surface area contributed by atoms with Gasteiger partial charge in [0.05, 0.1) is 25.8 Å². The molecule has 0 aliphatic rings. The molecule has 0 radical (unpaired) electrons. The quantitative estimate of drug-likeness (QED) is 0.825. The van der Waals surface area contributed by atoms with Crippen LogP contribution in [0.2, 0.25) is 0 Å². The molecule has 6 heteroatoms. The molecule has 1 N–H and O–H groups in total. The maximum Gasteiger partial charge on any atom is 0.414 e. The van der Waals surface area contributed by atoms with Gasteiger partial charge in [-0.1, -0.05) is 30.3 Å². The van der Waals surface area contributed by atoms with Crippen LogP contribution < -0.4 is 4.90 Å². The van der Waals surface area contributed by atoms with E-state index in [1.54, 1.807) is 24.3 Å². The van der Waals surface area contributed by atoms with E-state index >= 15 is 0 Å². The largest absolute Gasteiger partial charge is 0.465 e. The van der Waals surface area contributed by atoms with Gasteiger partial charge in [0.15, 0.2) is 0 Å². The molecule has 0 spiro atoms. The number of carbonyl (C=O) groups excluding carboxylic acids is 2. The van der Waals surface area contributed by atoms with Crippen LogP contribution in [0.25, 0.3) is 0 Å². The number of anilines is 1. The summed E-state index contributed by atoms with van der Waals surface area (Å²) in [4.78, 5) is 25.0. The predicted octanol–water partition coefficient (Wildman–Crippen LogP) is 2.61. The first kappa shape index (κ1) is 17.5. The number of esters is 1. The van der Waals surface area contributed by atoms with Crippen molar-refractivity contribution in [1.82, 2.24) is 0 Å². The molecule has 0 aliphatic carbocycles. The Kier molecular flexibility index (Phi) is 6.33. The van der Waals surface area contributed by atoms with Crippen LogP contribution in [-0.2, 0) is 16.1 Å². The zero-order chi connectivity index (χ0) is 17.4. The van der Waals surface area contributed by atoms with Crippen molar-refractivity contribution < 1.29 is 24.2 Å². The topological polar surface area (TPSA) is 76.1 Å². The van der Waals surface area contributed by atoms with Gasteiger partial charge >= 0.3 is 12.1 Å². The van der Waals surface area contributed by atoms with Crippen LogP contribution in [-0.4, -0.2) is 37.4 Å². The molecule has 2 aromatic rings. The minimum absolute atomic E-state index is 0.0885. The Morgan fingerprint density at radius 2 is 1.71 bits per heavy atom. The zero-order valence-corrected chi connectivity index (χ0v) is 13.3. The van der Waals surface area contributed by atoms with Crippen LogP contribution in [0.1, 0.15) is 15.9 Å². The lowest BCUT2D eigenvalue weighted by atomic mass is 10.2. The molecule has 126 valence electrons. The minimum atomic E-state index is -0.571. The summed E-state index contributed by atoms with van der Waals surface area (Å²) in [5.74, 6) is -0.457. The number of amides is 1. The maximum atomic E-state index is 12.3. The fourth-order valence-electron chi connectivity index (χ4n) is 2.12. The fourth-order valence-corrected chi connectivity index (χ4v) is 2.12. The van der Waals surface area contributed by atoms with Crippen molar-refractivity contribution in [2.45, 2.75) is 6.61 Å². The summed E-state index contributed by atoms with van der Waals surface area (Å²) in [5, 5.41) is 9.19. The Bertz CT molecular complexity index is 670. The standard InChI is InChI=1S/C18H19NO5/c1-23-17(21)15-7-9-16(10-8-15)19(11-12-20)18(22)24-13-14-5-3-2-4-6-14/h2-10,20H,11-13H2,1H3. The van der Waals surface area contributed by atoms with Crippen molar-refractivity contribution in [3.8, 4) is 0 Å². The lowest BCUT2D eigenvalue weighted by molar-refractivity contribution is 0.0600. The van der Waals surface area contributed by atoms with E-state index in [1.807, 2.05) is 30.3 Å². The third-order valence-corrected chi connectivity index (χ3v) is 3.35. The van der Waals surface area contributed by atoms with Gasteiger partial charge in [0.25, 0.3) is 0 Å². The first-order valence-electron chi connectivity index (χ1n) is 7.43. The Hall–Kier alpha value is -2.86. The summed E-state index contributed by atoms with van der Waals surface area (Å²) in [7, 11) is 1.30. The summed E-state index contributed by atoms with van der Waals surface area (Å²) in [5.41, 5.74) is 1.77. The van der Waals surface area contributed by atoms with Crippen LogP contribution >= 0.6 is 0 Å². The summed E-state index contributed by atoms with van der Waals surface area (Å²) in [6.07, 6.45) is -0.571. The zero-order valence-electron chi connectivity index (χ0n) is 13.3. The molecule has 0 saturated carbocycles. The molecule has 0 unspecified atom stereocenters. The predicted molar refractivity (Wildman–Crippen MR) is 88.8 cm³/mol. The number of hydrogen-bond acceptors (Lipinski definition) is 5. The highest BCUT2D eigenvalue weighted by atomic mass is 16.6. The van der Waals surface area contributed by atoms with E-state index in [-0.39, 0.29) is 19.8 Å². The van der Waals surface area contributed by atoms with Crippen LogP contribution in [0.4, 0.5) is 10.5 Å². The fraction of sp³-hybridized carbons (Fsp3) is 0.222. The number of carbonyl (C=O) groups is 2. The van der Waals surface area contributed by atoms with Crippen LogP contribution in [0.3, 0.4) is 0 Å². The summed E-state index contributed by atoms with van der Waals surface area (Å²) in [6.45, 7) is 0.0201. The molecule has 2 aromatic carbocycles. The van der Waals surface area contributed by atoms with Gasteiger partial charge in [-0.05, 0) is 29.8 Å². The van der Waals surface area contributed by atoms with E-state index in [0.717, 1.165) is 5.56 Å². The normalized spacial score (nSPS) is 10.1. The van der Waals surface area contributed by atoms with Gasteiger partial charge < -0.3 is 14.6 Å². The molecular formula is C18H19NO5. The van der Waals surface area contributed by atoms with Crippen molar-refractivity contribution in [2.24, 2.45) is 0 Å². The lowest BCUT2D eigenvalue weighted by Gasteiger charge is -2.21. The SMILES string of the molecule is COC(=O)c1ccc(N(CCO)C(=O)OCc2ccccc2)cc1. The second-order valence-corrected chi connectivity index (χ2v) is 4.95. The first-order chi connectivity index (χ1) is 11.7. The number of aliphatic hydroxyl groups is 1. The second kappa shape index (κ2) is 8.69. The van der Waals surface area contributed by atoms with Gasteiger partial charge in [-0.15, -0.1) is 0 Å². The van der Waals surface area contributed by atoms with Gasteiger partial charge in [-0.3, -0.25) is 4.90 Å². The highest BCUT2D eigenvalue weighted by molar-refractivity contribution is 5.91. The highest BCUT2D eigenvalue weighted by Crippen LogP contribution is 2.17. The van der Waals surface area contributed by atoms with Crippen LogP contribution in [0.15, 0.2) is 54.6 Å². The molecule has 0 bridgehead atoms. The van der Waals surface area contributed by atoms with Crippen molar-refractivity contribution >= 4 is 17.7 Å². The maximum absolute atomic E-state index is 12.3. The van der Waals surface area contributed by atoms with Crippen molar-refractivity contribution in [2.75, 3.05) is 25.2 Å². The average molecular weight is 329 g/mol. The third-order valence-electron chi connectivity index (χ3n) is 3.35. The molecule has 0 atom stereocenters. The van der Waals surface area contributed by atoms with E-state index in [2.05, 4.69) is 4.74 Å². The molecule has 24 heavy (non-hydrogen) atoms. The van der Waals surface area contributed by atoms with Crippen LogP contribution in [0.5, 0.6) is 0 Å².